The van der Waals surface area contributed by atoms with Crippen molar-refractivity contribution in [3.8, 4) is 5.75 Å². The van der Waals surface area contributed by atoms with Gasteiger partial charge in [-0.25, -0.2) is 9.78 Å². The first-order chi connectivity index (χ1) is 12.9. The second kappa shape index (κ2) is 7.70. The molecule has 0 saturated heterocycles. The van der Waals surface area contributed by atoms with Crippen LogP contribution in [0.5, 0.6) is 5.75 Å². The van der Waals surface area contributed by atoms with E-state index < -0.39 is 6.16 Å². The van der Waals surface area contributed by atoms with Crippen LogP contribution in [0.4, 0.5) is 10.5 Å². The molecule has 1 aromatic carbocycles. The number of anilines is 1. The lowest BCUT2D eigenvalue weighted by molar-refractivity contribution is 0.144. The number of ether oxygens (including phenoxy) is 1. The Hall–Kier alpha value is -3.02. The number of nitrogens with one attached hydrogen (secondary N) is 1. The molecular weight excluding hydrogens is 342 g/mol. The van der Waals surface area contributed by atoms with Crippen LogP contribution in [0.25, 0.3) is 5.65 Å². The van der Waals surface area contributed by atoms with Crippen LogP contribution < -0.4 is 10.1 Å². The fourth-order valence-corrected chi connectivity index (χ4v) is 3.39. The van der Waals surface area contributed by atoms with E-state index in [2.05, 4.69) is 42.3 Å². The monoisotopic (exact) mass is 367 g/mol. The summed E-state index contributed by atoms with van der Waals surface area (Å²) in [5.74, 6) is 0.262. The number of rotatable bonds is 6. The number of aromatic nitrogens is 2. The van der Waals surface area contributed by atoms with Crippen molar-refractivity contribution in [2.45, 2.75) is 47.1 Å². The van der Waals surface area contributed by atoms with Gasteiger partial charge in [-0.2, -0.15) is 0 Å². The zero-order valence-electron chi connectivity index (χ0n) is 16.2. The summed E-state index contributed by atoms with van der Waals surface area (Å²) in [6.07, 6.45) is 2.24. The third-order valence-corrected chi connectivity index (χ3v) is 4.96. The summed E-state index contributed by atoms with van der Waals surface area (Å²) in [7, 11) is 0. The van der Waals surface area contributed by atoms with Gasteiger partial charge in [0.1, 0.15) is 0 Å². The average molecular weight is 367 g/mol. The lowest BCUT2D eigenvalue weighted by Crippen LogP contribution is -2.09. The molecule has 0 saturated carbocycles. The van der Waals surface area contributed by atoms with Crippen LogP contribution in [0.2, 0.25) is 0 Å². The molecule has 142 valence electrons. The minimum absolute atomic E-state index is 0.262. The largest absolute Gasteiger partial charge is 0.511 e. The van der Waals surface area contributed by atoms with Crippen LogP contribution in [0.15, 0.2) is 30.5 Å². The molecule has 0 aliphatic carbocycles. The Labute approximate surface area is 158 Å². The van der Waals surface area contributed by atoms with E-state index in [9.17, 15) is 4.79 Å². The molecule has 2 aromatic heterocycles. The van der Waals surface area contributed by atoms with Crippen molar-refractivity contribution in [3.05, 3.63) is 58.5 Å². The molecule has 0 fully saturated rings. The Morgan fingerprint density at radius 2 is 1.89 bits per heavy atom. The molecule has 0 radical (unpaired) electrons. The molecule has 6 nitrogen and oxygen atoms in total. The molecule has 0 amide bonds. The summed E-state index contributed by atoms with van der Waals surface area (Å²) < 4.78 is 6.76. The Bertz CT molecular complexity index is 970. The summed E-state index contributed by atoms with van der Waals surface area (Å²) >= 11 is 0. The van der Waals surface area contributed by atoms with Gasteiger partial charge >= 0.3 is 6.16 Å². The number of carbonyl (C=O) groups is 1. The molecule has 3 rings (SSSR count). The molecule has 2 N–H and O–H groups in total. The SMILES string of the molecule is CCc1cccc(CC)c1CNc1cc(OC(=O)O)cn2c(C)c(C)nc12. The van der Waals surface area contributed by atoms with Gasteiger partial charge in [0.25, 0.3) is 0 Å². The highest BCUT2D eigenvalue weighted by Gasteiger charge is 2.14. The molecule has 6 heteroatoms. The minimum Gasteiger partial charge on any atom is -0.449 e. The van der Waals surface area contributed by atoms with Gasteiger partial charge in [0.05, 0.1) is 17.6 Å². The van der Waals surface area contributed by atoms with Crippen molar-refractivity contribution < 1.29 is 14.6 Å². The van der Waals surface area contributed by atoms with E-state index in [0.29, 0.717) is 6.54 Å². The van der Waals surface area contributed by atoms with Crippen LogP contribution in [0.1, 0.15) is 41.9 Å². The zero-order chi connectivity index (χ0) is 19.6. The Kier molecular flexibility index (Phi) is 5.35. The third kappa shape index (κ3) is 3.74. The number of fused-ring (bicyclic) bond motifs is 1. The fraction of sp³-hybridized carbons (Fsp3) is 0.333. The van der Waals surface area contributed by atoms with E-state index in [1.807, 2.05) is 18.2 Å². The number of aryl methyl sites for hydroxylation is 4. The van der Waals surface area contributed by atoms with Gasteiger partial charge in [-0.05, 0) is 43.4 Å². The summed E-state index contributed by atoms with van der Waals surface area (Å²) in [5, 5.41) is 12.4. The standard InChI is InChI=1S/C21H25N3O3/c1-5-15-8-7-9-16(6-2)18(15)11-22-19-10-17(27-21(25)26)12-24-14(4)13(3)23-20(19)24/h7-10,12,22H,5-6,11H2,1-4H3,(H,25,26). The predicted molar refractivity (Wildman–Crippen MR) is 106 cm³/mol. The molecule has 27 heavy (non-hydrogen) atoms. The van der Waals surface area contributed by atoms with Crippen LogP contribution in [0.3, 0.4) is 0 Å². The Morgan fingerprint density at radius 1 is 1.22 bits per heavy atom. The molecular formula is C21H25N3O3. The second-order valence-corrected chi connectivity index (χ2v) is 6.55. The molecule has 0 unspecified atom stereocenters. The van der Waals surface area contributed by atoms with Crippen molar-refractivity contribution in [3.63, 3.8) is 0 Å². The number of pyridine rings is 1. The summed E-state index contributed by atoms with van der Waals surface area (Å²) in [6.45, 7) is 8.83. The summed E-state index contributed by atoms with van der Waals surface area (Å²) in [5.41, 5.74) is 7.26. The number of carboxylic acid groups (broad SMARTS) is 1. The lowest BCUT2D eigenvalue weighted by atomic mass is 9.97. The van der Waals surface area contributed by atoms with Crippen molar-refractivity contribution in [1.29, 1.82) is 0 Å². The van der Waals surface area contributed by atoms with E-state index in [-0.39, 0.29) is 5.75 Å². The highest BCUT2D eigenvalue weighted by Crippen LogP contribution is 2.27. The van der Waals surface area contributed by atoms with Gasteiger partial charge in [-0.15, -0.1) is 0 Å². The number of hydrogen-bond donors (Lipinski definition) is 2. The molecule has 0 spiro atoms. The minimum atomic E-state index is -1.33. The smallest absolute Gasteiger partial charge is 0.449 e. The Morgan fingerprint density at radius 3 is 2.48 bits per heavy atom. The maximum atomic E-state index is 11.0. The van der Waals surface area contributed by atoms with E-state index in [0.717, 1.165) is 35.6 Å². The summed E-state index contributed by atoms with van der Waals surface area (Å²) in [4.78, 5) is 15.6. The number of imidazole rings is 1. The van der Waals surface area contributed by atoms with E-state index in [1.165, 1.54) is 16.7 Å². The highest BCUT2D eigenvalue weighted by molar-refractivity contribution is 5.72. The van der Waals surface area contributed by atoms with E-state index in [4.69, 9.17) is 9.84 Å². The first-order valence-corrected chi connectivity index (χ1v) is 9.18. The van der Waals surface area contributed by atoms with Crippen molar-refractivity contribution in [1.82, 2.24) is 9.38 Å². The number of nitrogens with zero attached hydrogens (tertiary/aromatic N) is 2. The first kappa shape index (κ1) is 18.8. The molecule has 2 heterocycles. The van der Waals surface area contributed by atoms with Gasteiger partial charge in [-0.1, -0.05) is 32.0 Å². The maximum Gasteiger partial charge on any atom is 0.511 e. The van der Waals surface area contributed by atoms with Crippen LogP contribution in [-0.2, 0) is 19.4 Å². The first-order valence-electron chi connectivity index (χ1n) is 9.18. The maximum absolute atomic E-state index is 11.0. The molecule has 0 bridgehead atoms. The average Bonchev–Trinajstić information content (AvgIpc) is 2.93. The third-order valence-electron chi connectivity index (χ3n) is 4.96. The van der Waals surface area contributed by atoms with Crippen molar-refractivity contribution in [2.75, 3.05) is 5.32 Å². The van der Waals surface area contributed by atoms with Crippen molar-refractivity contribution in [2.24, 2.45) is 0 Å². The summed E-state index contributed by atoms with van der Waals surface area (Å²) in [6, 6.07) is 8.09. The molecule has 0 aliphatic heterocycles. The quantitative estimate of drug-likeness (QED) is 0.615. The Balaban J connectivity index is 2.02. The molecule has 0 atom stereocenters. The van der Waals surface area contributed by atoms with Crippen LogP contribution in [0, 0.1) is 13.8 Å². The highest BCUT2D eigenvalue weighted by atomic mass is 16.7. The van der Waals surface area contributed by atoms with E-state index >= 15 is 0 Å². The fourth-order valence-electron chi connectivity index (χ4n) is 3.39. The number of benzene rings is 1. The van der Waals surface area contributed by atoms with Gasteiger partial charge < -0.3 is 15.2 Å². The second-order valence-electron chi connectivity index (χ2n) is 6.55. The van der Waals surface area contributed by atoms with E-state index in [1.54, 1.807) is 12.3 Å². The molecule has 0 aliphatic rings. The van der Waals surface area contributed by atoms with Crippen LogP contribution in [-0.4, -0.2) is 20.6 Å². The van der Waals surface area contributed by atoms with Gasteiger partial charge in [0.15, 0.2) is 11.4 Å². The van der Waals surface area contributed by atoms with Crippen molar-refractivity contribution >= 4 is 17.5 Å². The van der Waals surface area contributed by atoms with Crippen LogP contribution >= 0.6 is 0 Å². The van der Waals surface area contributed by atoms with Gasteiger partial charge in [0.2, 0.25) is 0 Å². The molecule has 3 aromatic rings. The lowest BCUT2D eigenvalue weighted by Gasteiger charge is -2.16. The van der Waals surface area contributed by atoms with Gasteiger partial charge in [-0.3, -0.25) is 4.40 Å². The normalized spacial score (nSPS) is 11.0. The predicted octanol–water partition coefficient (Wildman–Crippen LogP) is 4.74. The number of hydrogen-bond acceptors (Lipinski definition) is 4. The zero-order valence-corrected chi connectivity index (χ0v) is 16.2. The van der Waals surface area contributed by atoms with Gasteiger partial charge in [0, 0.05) is 18.3 Å². The topological polar surface area (TPSA) is 75.9 Å².